The van der Waals surface area contributed by atoms with Crippen molar-refractivity contribution in [3.05, 3.63) is 0 Å². The van der Waals surface area contributed by atoms with Gasteiger partial charge in [-0.3, -0.25) is 9.69 Å². The summed E-state index contributed by atoms with van der Waals surface area (Å²) >= 11 is 0. The number of ether oxygens (including phenoxy) is 1. The van der Waals surface area contributed by atoms with Gasteiger partial charge in [0, 0.05) is 12.1 Å². The van der Waals surface area contributed by atoms with Crippen LogP contribution in [-0.2, 0) is 14.0 Å². The zero-order chi connectivity index (χ0) is 14.2. The van der Waals surface area contributed by atoms with Gasteiger partial charge < -0.3 is 9.16 Å². The Morgan fingerprint density at radius 1 is 1.32 bits per heavy atom. The van der Waals surface area contributed by atoms with Crippen molar-refractivity contribution in [3.8, 4) is 0 Å². The summed E-state index contributed by atoms with van der Waals surface area (Å²) in [6, 6.07) is 0.885. The highest BCUT2D eigenvalue weighted by Gasteiger charge is 2.50. The Morgan fingerprint density at radius 2 is 2.00 bits per heavy atom. The Bertz CT molecular complexity index is 342. The van der Waals surface area contributed by atoms with Gasteiger partial charge in [0.05, 0.1) is 18.6 Å². The van der Waals surface area contributed by atoms with Crippen LogP contribution in [0.4, 0.5) is 0 Å². The molecule has 2 aliphatic heterocycles. The fourth-order valence-electron chi connectivity index (χ4n) is 3.54. The Labute approximate surface area is 117 Å². The smallest absolute Gasteiger partial charge is 0.313 e. The van der Waals surface area contributed by atoms with Crippen molar-refractivity contribution in [1.29, 1.82) is 0 Å². The van der Waals surface area contributed by atoms with Gasteiger partial charge in [0.1, 0.15) is 0 Å². The van der Waals surface area contributed by atoms with Gasteiger partial charge in [-0.2, -0.15) is 0 Å². The Hall–Kier alpha value is -0.393. The highest BCUT2D eigenvalue weighted by atomic mass is 28.4. The fraction of sp³-hybridized carbons (Fsp3) is 0.929. The van der Waals surface area contributed by atoms with E-state index in [0.29, 0.717) is 18.7 Å². The van der Waals surface area contributed by atoms with E-state index in [0.717, 1.165) is 12.8 Å². The van der Waals surface area contributed by atoms with E-state index in [2.05, 4.69) is 31.6 Å². The maximum atomic E-state index is 12.3. The van der Waals surface area contributed by atoms with E-state index in [4.69, 9.17) is 9.16 Å². The average Bonchev–Trinajstić information content (AvgIpc) is 2.53. The van der Waals surface area contributed by atoms with Crippen molar-refractivity contribution in [2.45, 2.75) is 64.0 Å². The summed E-state index contributed by atoms with van der Waals surface area (Å²) in [4.78, 5) is 14.7. The summed E-state index contributed by atoms with van der Waals surface area (Å²) in [6.07, 6.45) is 3.30. The van der Waals surface area contributed by atoms with Crippen LogP contribution >= 0.6 is 0 Å². The molecule has 0 N–H and O–H groups in total. The number of hydrogen-bond donors (Lipinski definition) is 0. The van der Waals surface area contributed by atoms with E-state index in [1.165, 1.54) is 6.42 Å². The second-order valence-corrected chi connectivity index (χ2v) is 11.2. The molecule has 0 spiro atoms. The largest absolute Gasteiger partial charge is 0.466 e. The molecule has 5 heteroatoms. The first-order valence-electron chi connectivity index (χ1n) is 7.40. The number of piperidine rings is 1. The first-order chi connectivity index (χ1) is 8.83. The SMILES string of the molecule is CCOC(=O)C1C(O[Si](C)(C)C)CC2CCC1N2C. The van der Waals surface area contributed by atoms with Crippen LogP contribution in [0.1, 0.15) is 26.2 Å². The van der Waals surface area contributed by atoms with Gasteiger partial charge in [0.15, 0.2) is 8.32 Å². The summed E-state index contributed by atoms with van der Waals surface area (Å²) < 4.78 is 11.6. The number of hydrogen-bond acceptors (Lipinski definition) is 4. The van der Waals surface area contributed by atoms with E-state index in [1.54, 1.807) is 0 Å². The minimum absolute atomic E-state index is 0.0550. The lowest BCUT2D eigenvalue weighted by Crippen LogP contribution is -2.55. The molecule has 2 fully saturated rings. The molecule has 2 saturated heterocycles. The van der Waals surface area contributed by atoms with Crippen LogP contribution in [0.15, 0.2) is 0 Å². The fourth-order valence-corrected chi connectivity index (χ4v) is 4.69. The van der Waals surface area contributed by atoms with Gasteiger partial charge in [-0.15, -0.1) is 0 Å². The molecule has 2 heterocycles. The summed E-state index contributed by atoms with van der Waals surface area (Å²) in [5, 5.41) is 0. The highest BCUT2D eigenvalue weighted by Crippen LogP contribution is 2.40. The van der Waals surface area contributed by atoms with Crippen molar-refractivity contribution >= 4 is 14.3 Å². The number of nitrogens with zero attached hydrogens (tertiary/aromatic N) is 1. The molecule has 0 radical (unpaired) electrons. The van der Waals surface area contributed by atoms with E-state index < -0.39 is 8.32 Å². The van der Waals surface area contributed by atoms with Crippen molar-refractivity contribution in [2.75, 3.05) is 13.7 Å². The minimum Gasteiger partial charge on any atom is -0.466 e. The molecule has 0 saturated carbocycles. The molecule has 0 amide bonds. The molecule has 0 aromatic heterocycles. The second-order valence-electron chi connectivity index (χ2n) is 6.75. The second kappa shape index (κ2) is 5.54. The lowest BCUT2D eigenvalue weighted by molar-refractivity contribution is -0.157. The van der Waals surface area contributed by atoms with Crippen molar-refractivity contribution in [3.63, 3.8) is 0 Å². The van der Waals surface area contributed by atoms with Crippen LogP contribution in [-0.4, -0.2) is 51.0 Å². The molecule has 2 aliphatic rings. The lowest BCUT2D eigenvalue weighted by atomic mass is 9.88. The molecule has 4 nitrogen and oxygen atoms in total. The summed E-state index contributed by atoms with van der Waals surface area (Å²) in [6.45, 7) is 8.89. The molecule has 0 aliphatic carbocycles. The Morgan fingerprint density at radius 3 is 2.58 bits per heavy atom. The lowest BCUT2D eigenvalue weighted by Gasteiger charge is -2.43. The maximum Gasteiger partial charge on any atom is 0.313 e. The number of carbonyl (C=O) groups is 1. The topological polar surface area (TPSA) is 38.8 Å². The first-order valence-corrected chi connectivity index (χ1v) is 10.8. The van der Waals surface area contributed by atoms with Crippen molar-refractivity contribution < 1.29 is 14.0 Å². The third kappa shape index (κ3) is 3.20. The van der Waals surface area contributed by atoms with Crippen LogP contribution in [0.2, 0.25) is 19.6 Å². The number of fused-ring (bicyclic) bond motifs is 2. The van der Waals surface area contributed by atoms with Gasteiger partial charge in [0.2, 0.25) is 0 Å². The predicted molar refractivity (Wildman–Crippen MR) is 77.5 cm³/mol. The van der Waals surface area contributed by atoms with Gasteiger partial charge in [-0.25, -0.2) is 0 Å². The van der Waals surface area contributed by atoms with Crippen LogP contribution < -0.4 is 0 Å². The highest BCUT2D eigenvalue weighted by molar-refractivity contribution is 6.69. The van der Waals surface area contributed by atoms with Crippen molar-refractivity contribution in [2.24, 2.45) is 5.92 Å². The third-order valence-corrected chi connectivity index (χ3v) is 5.29. The number of rotatable bonds is 4. The third-order valence-electron chi connectivity index (χ3n) is 4.28. The molecular weight excluding hydrogens is 258 g/mol. The van der Waals surface area contributed by atoms with Gasteiger partial charge in [-0.05, 0) is 52.9 Å². The Balaban J connectivity index is 2.17. The monoisotopic (exact) mass is 285 g/mol. The first kappa shape index (κ1) is 15.0. The minimum atomic E-state index is -1.63. The molecular formula is C14H27NO3Si. The summed E-state index contributed by atoms with van der Waals surface area (Å²) in [5.74, 6) is -0.168. The van der Waals surface area contributed by atoms with Gasteiger partial charge >= 0.3 is 5.97 Å². The summed E-state index contributed by atoms with van der Waals surface area (Å²) in [5.41, 5.74) is 0. The summed E-state index contributed by atoms with van der Waals surface area (Å²) in [7, 11) is 0.503. The normalized spacial score (nSPS) is 35.4. The zero-order valence-electron chi connectivity index (χ0n) is 12.8. The molecule has 110 valence electrons. The molecule has 4 unspecified atom stereocenters. The number of esters is 1. The average molecular weight is 285 g/mol. The van der Waals surface area contributed by atoms with E-state index in [9.17, 15) is 4.79 Å². The zero-order valence-corrected chi connectivity index (χ0v) is 13.8. The van der Waals surface area contributed by atoms with Gasteiger partial charge in [-0.1, -0.05) is 0 Å². The quantitative estimate of drug-likeness (QED) is 0.586. The van der Waals surface area contributed by atoms with Crippen LogP contribution in [0.3, 0.4) is 0 Å². The van der Waals surface area contributed by atoms with Crippen LogP contribution in [0, 0.1) is 5.92 Å². The molecule has 0 aromatic carbocycles. The van der Waals surface area contributed by atoms with Crippen LogP contribution in [0.25, 0.3) is 0 Å². The standard InChI is InChI=1S/C14H27NO3Si/c1-6-17-14(16)13-11-8-7-10(15(11)2)9-12(13)18-19(3,4)5/h10-13H,6-9H2,1-5H3. The molecule has 2 bridgehead atoms. The van der Waals surface area contributed by atoms with E-state index >= 15 is 0 Å². The molecule has 2 rings (SSSR count). The van der Waals surface area contributed by atoms with Crippen LogP contribution in [0.5, 0.6) is 0 Å². The Kier molecular flexibility index (Phi) is 4.37. The number of carbonyl (C=O) groups excluding carboxylic acids is 1. The molecule has 4 atom stereocenters. The predicted octanol–water partition coefficient (Wildman–Crippen LogP) is 2.25. The van der Waals surface area contributed by atoms with Crippen molar-refractivity contribution in [1.82, 2.24) is 4.90 Å². The van der Waals surface area contributed by atoms with E-state index in [1.807, 2.05) is 6.92 Å². The molecule has 0 aromatic rings. The van der Waals surface area contributed by atoms with Gasteiger partial charge in [0.25, 0.3) is 0 Å². The molecule has 19 heavy (non-hydrogen) atoms. The maximum absolute atomic E-state index is 12.3. The van der Waals surface area contributed by atoms with E-state index in [-0.39, 0.29) is 18.0 Å².